The standard InChI is InChI=1S/C17H23N3O4/c1-12-10-14(5-6-15(12)20(23)24)18-16(21)19-9-8-17(22)7-3-2-4-13(17)11-19/h5-6,10,13,22H,2-4,7-9,11H2,1H3,(H,18,21)/t13-,17+/m1/s1. The van der Waals surface area contributed by atoms with Crippen LogP contribution in [0.25, 0.3) is 0 Å². The molecule has 130 valence electrons. The van der Waals surface area contributed by atoms with Crippen LogP contribution in [0.2, 0.25) is 0 Å². The van der Waals surface area contributed by atoms with Gasteiger partial charge in [-0.15, -0.1) is 0 Å². The van der Waals surface area contributed by atoms with Crippen LogP contribution in [0.3, 0.4) is 0 Å². The molecule has 2 atom stereocenters. The first-order valence-corrected chi connectivity index (χ1v) is 8.42. The number of fused-ring (bicyclic) bond motifs is 1. The Labute approximate surface area is 140 Å². The van der Waals surface area contributed by atoms with Crippen molar-refractivity contribution in [1.82, 2.24) is 4.90 Å². The lowest BCUT2D eigenvalue weighted by Crippen LogP contribution is -2.55. The average Bonchev–Trinajstić information content (AvgIpc) is 2.53. The number of aliphatic hydroxyl groups is 1. The van der Waals surface area contributed by atoms with Crippen molar-refractivity contribution in [1.29, 1.82) is 0 Å². The van der Waals surface area contributed by atoms with Crippen LogP contribution in [0, 0.1) is 23.0 Å². The first-order valence-electron chi connectivity index (χ1n) is 8.42. The number of nitrogens with one attached hydrogen (secondary N) is 1. The van der Waals surface area contributed by atoms with Gasteiger partial charge >= 0.3 is 6.03 Å². The van der Waals surface area contributed by atoms with Crippen LogP contribution in [0.4, 0.5) is 16.2 Å². The number of likely N-dealkylation sites (tertiary alicyclic amines) is 1. The summed E-state index contributed by atoms with van der Waals surface area (Å²) in [5, 5.41) is 24.3. The monoisotopic (exact) mass is 333 g/mol. The molecule has 2 aliphatic rings. The Hall–Kier alpha value is -2.15. The minimum Gasteiger partial charge on any atom is -0.389 e. The van der Waals surface area contributed by atoms with Crippen LogP contribution < -0.4 is 5.32 Å². The van der Waals surface area contributed by atoms with Gasteiger partial charge in [-0.05, 0) is 38.3 Å². The predicted octanol–water partition coefficient (Wildman–Crippen LogP) is 3.06. The minimum absolute atomic E-state index is 0.0400. The van der Waals surface area contributed by atoms with Crippen molar-refractivity contribution in [2.45, 2.75) is 44.6 Å². The van der Waals surface area contributed by atoms with E-state index in [0.29, 0.717) is 30.8 Å². The number of amides is 2. The zero-order valence-corrected chi connectivity index (χ0v) is 13.8. The van der Waals surface area contributed by atoms with Gasteiger partial charge in [0, 0.05) is 36.3 Å². The first-order chi connectivity index (χ1) is 11.4. The molecule has 0 aromatic heterocycles. The Morgan fingerprint density at radius 3 is 2.92 bits per heavy atom. The van der Waals surface area contributed by atoms with Gasteiger partial charge in [-0.3, -0.25) is 10.1 Å². The highest BCUT2D eigenvalue weighted by atomic mass is 16.6. The molecule has 1 heterocycles. The highest BCUT2D eigenvalue weighted by molar-refractivity contribution is 5.89. The summed E-state index contributed by atoms with van der Waals surface area (Å²) in [5.41, 5.74) is 0.489. The highest BCUT2D eigenvalue weighted by Gasteiger charge is 2.43. The summed E-state index contributed by atoms with van der Waals surface area (Å²) in [6.07, 6.45) is 4.56. The Bertz CT molecular complexity index is 663. The van der Waals surface area contributed by atoms with Crippen LogP contribution in [-0.4, -0.2) is 39.7 Å². The third-order valence-electron chi connectivity index (χ3n) is 5.36. The van der Waals surface area contributed by atoms with E-state index < -0.39 is 10.5 Å². The van der Waals surface area contributed by atoms with Crippen LogP contribution in [0.15, 0.2) is 18.2 Å². The second-order valence-corrected chi connectivity index (χ2v) is 6.93. The minimum atomic E-state index is -0.612. The van der Waals surface area contributed by atoms with Crippen LogP contribution in [-0.2, 0) is 0 Å². The number of carbonyl (C=O) groups excluding carboxylic acids is 1. The lowest BCUT2D eigenvalue weighted by Gasteiger charge is -2.47. The molecular formula is C17H23N3O4. The number of nitro benzene ring substituents is 1. The summed E-state index contributed by atoms with van der Waals surface area (Å²) in [5.74, 6) is 0.143. The number of urea groups is 1. The van der Waals surface area contributed by atoms with Gasteiger partial charge in [-0.2, -0.15) is 0 Å². The Kier molecular flexibility index (Phi) is 4.45. The second-order valence-electron chi connectivity index (χ2n) is 6.93. The van der Waals surface area contributed by atoms with Gasteiger partial charge in [-0.25, -0.2) is 4.79 Å². The molecule has 1 saturated carbocycles. The molecule has 7 nitrogen and oxygen atoms in total. The van der Waals surface area contributed by atoms with Crippen LogP contribution in [0.5, 0.6) is 0 Å². The fourth-order valence-corrected chi connectivity index (χ4v) is 3.90. The number of hydrogen-bond acceptors (Lipinski definition) is 4. The summed E-state index contributed by atoms with van der Waals surface area (Å²) < 4.78 is 0. The number of aryl methyl sites for hydroxylation is 1. The average molecular weight is 333 g/mol. The quantitative estimate of drug-likeness (QED) is 0.642. The molecule has 24 heavy (non-hydrogen) atoms. The van der Waals surface area contributed by atoms with Gasteiger partial charge in [0.05, 0.1) is 10.5 Å². The van der Waals surface area contributed by atoms with Gasteiger partial charge in [0.15, 0.2) is 0 Å². The largest absolute Gasteiger partial charge is 0.389 e. The van der Waals surface area contributed by atoms with Crippen molar-refractivity contribution in [2.24, 2.45) is 5.92 Å². The van der Waals surface area contributed by atoms with Crippen molar-refractivity contribution in [2.75, 3.05) is 18.4 Å². The molecule has 1 saturated heterocycles. The topological polar surface area (TPSA) is 95.7 Å². The maximum Gasteiger partial charge on any atom is 0.321 e. The number of carbonyl (C=O) groups is 1. The third-order valence-corrected chi connectivity index (χ3v) is 5.36. The van der Waals surface area contributed by atoms with Crippen LogP contribution in [0.1, 0.15) is 37.7 Å². The van der Waals surface area contributed by atoms with E-state index in [-0.39, 0.29) is 17.6 Å². The smallest absolute Gasteiger partial charge is 0.321 e. The van der Waals surface area contributed by atoms with E-state index in [1.807, 2.05) is 0 Å². The summed E-state index contributed by atoms with van der Waals surface area (Å²) in [4.78, 5) is 24.6. The molecule has 1 aliphatic heterocycles. The molecule has 2 fully saturated rings. The number of nitro groups is 1. The SMILES string of the molecule is Cc1cc(NC(=O)N2CC[C@@]3(O)CCCC[C@@H]3C2)ccc1[N+](=O)[O-]. The lowest BCUT2D eigenvalue weighted by molar-refractivity contribution is -0.385. The molecule has 3 rings (SSSR count). The summed E-state index contributed by atoms with van der Waals surface area (Å²) >= 11 is 0. The number of nitrogens with zero attached hydrogens (tertiary/aromatic N) is 2. The van der Waals surface area contributed by atoms with E-state index in [1.165, 1.54) is 6.07 Å². The molecule has 7 heteroatoms. The zero-order chi connectivity index (χ0) is 17.3. The van der Waals surface area contributed by atoms with Crippen molar-refractivity contribution in [3.05, 3.63) is 33.9 Å². The Morgan fingerprint density at radius 1 is 1.42 bits per heavy atom. The number of benzene rings is 1. The molecule has 1 aromatic rings. The summed E-state index contributed by atoms with van der Waals surface area (Å²) in [6, 6.07) is 4.35. The van der Waals surface area contributed by atoms with Gasteiger partial charge in [0.2, 0.25) is 0 Å². The number of anilines is 1. The molecular weight excluding hydrogens is 310 g/mol. The van der Waals surface area contributed by atoms with Gasteiger partial charge in [0.1, 0.15) is 0 Å². The van der Waals surface area contributed by atoms with Gasteiger partial charge < -0.3 is 15.3 Å². The molecule has 2 amide bonds. The van der Waals surface area contributed by atoms with Crippen molar-refractivity contribution in [3.8, 4) is 0 Å². The normalized spacial score (nSPS) is 26.6. The number of hydrogen-bond donors (Lipinski definition) is 2. The fourth-order valence-electron chi connectivity index (χ4n) is 3.90. The molecule has 0 bridgehead atoms. The third kappa shape index (κ3) is 3.21. The molecule has 0 radical (unpaired) electrons. The molecule has 0 unspecified atom stereocenters. The molecule has 1 aliphatic carbocycles. The van der Waals surface area contributed by atoms with E-state index >= 15 is 0 Å². The van der Waals surface area contributed by atoms with Crippen molar-refractivity contribution >= 4 is 17.4 Å². The van der Waals surface area contributed by atoms with Crippen molar-refractivity contribution in [3.63, 3.8) is 0 Å². The Balaban J connectivity index is 1.65. The van der Waals surface area contributed by atoms with E-state index in [4.69, 9.17) is 0 Å². The highest BCUT2D eigenvalue weighted by Crippen LogP contribution is 2.39. The summed E-state index contributed by atoms with van der Waals surface area (Å²) in [6.45, 7) is 2.75. The molecule has 2 N–H and O–H groups in total. The fraction of sp³-hybridized carbons (Fsp3) is 0.588. The van der Waals surface area contributed by atoms with Crippen LogP contribution >= 0.6 is 0 Å². The summed E-state index contributed by atoms with van der Waals surface area (Å²) in [7, 11) is 0. The molecule has 1 aromatic carbocycles. The van der Waals surface area contributed by atoms with Gasteiger partial charge in [-0.1, -0.05) is 12.8 Å². The number of piperidine rings is 1. The maximum absolute atomic E-state index is 12.5. The van der Waals surface area contributed by atoms with E-state index in [1.54, 1.807) is 24.0 Å². The zero-order valence-electron chi connectivity index (χ0n) is 13.8. The second kappa shape index (κ2) is 6.39. The molecule has 0 spiro atoms. The van der Waals surface area contributed by atoms with Gasteiger partial charge in [0.25, 0.3) is 5.69 Å². The first kappa shape index (κ1) is 16.7. The Morgan fingerprint density at radius 2 is 2.21 bits per heavy atom. The lowest BCUT2D eigenvalue weighted by atomic mass is 9.71. The maximum atomic E-state index is 12.5. The predicted molar refractivity (Wildman–Crippen MR) is 89.9 cm³/mol. The number of rotatable bonds is 2. The van der Waals surface area contributed by atoms with E-state index in [9.17, 15) is 20.0 Å². The van der Waals surface area contributed by atoms with E-state index in [0.717, 1.165) is 25.7 Å². The van der Waals surface area contributed by atoms with Crippen molar-refractivity contribution < 1.29 is 14.8 Å². The van der Waals surface area contributed by atoms with E-state index in [2.05, 4.69) is 5.32 Å².